The monoisotopic (exact) mass is 207 g/mol. The molecule has 0 radical (unpaired) electrons. The average molecular weight is 207 g/mol. The number of methoxy groups -OCH3 is 1. The molecular formula is C11H13NO3. The summed E-state index contributed by atoms with van der Waals surface area (Å²) in [6, 6.07) is 8.83. The molecule has 0 aliphatic heterocycles. The third-order valence-corrected chi connectivity index (χ3v) is 1.88. The topological polar surface area (TPSA) is 55.5 Å². The molecule has 0 aliphatic carbocycles. The highest BCUT2D eigenvalue weighted by Crippen LogP contribution is 2.30. The SMILES string of the molecule is C.COc1ccccc1-c1cc(O)on1. The molecule has 1 aromatic heterocycles. The largest absolute Gasteiger partial charge is 0.496 e. The van der Waals surface area contributed by atoms with Gasteiger partial charge in [0.05, 0.1) is 13.2 Å². The molecule has 0 unspecified atom stereocenters. The minimum atomic E-state index is -0.203. The molecule has 1 aromatic carbocycles. The van der Waals surface area contributed by atoms with Crippen LogP contribution in [-0.2, 0) is 0 Å². The van der Waals surface area contributed by atoms with E-state index in [9.17, 15) is 0 Å². The van der Waals surface area contributed by atoms with Crippen molar-refractivity contribution in [3.05, 3.63) is 30.3 Å². The number of rotatable bonds is 2. The van der Waals surface area contributed by atoms with E-state index in [1.165, 1.54) is 6.07 Å². The number of para-hydroxylation sites is 1. The van der Waals surface area contributed by atoms with E-state index in [0.29, 0.717) is 11.4 Å². The Hall–Kier alpha value is -1.97. The van der Waals surface area contributed by atoms with E-state index in [-0.39, 0.29) is 13.4 Å². The molecule has 4 heteroatoms. The van der Waals surface area contributed by atoms with Crippen LogP contribution in [0, 0.1) is 0 Å². The lowest BCUT2D eigenvalue weighted by molar-refractivity contribution is 0.278. The lowest BCUT2D eigenvalue weighted by atomic mass is 10.1. The van der Waals surface area contributed by atoms with Crippen molar-refractivity contribution in [2.75, 3.05) is 7.11 Å². The second-order valence-corrected chi connectivity index (χ2v) is 2.75. The van der Waals surface area contributed by atoms with Gasteiger partial charge in [0.1, 0.15) is 11.4 Å². The Kier molecular flexibility index (Phi) is 3.33. The molecule has 0 spiro atoms. The van der Waals surface area contributed by atoms with E-state index in [1.807, 2.05) is 24.3 Å². The molecule has 0 amide bonds. The fourth-order valence-electron chi connectivity index (χ4n) is 1.25. The molecule has 80 valence electrons. The van der Waals surface area contributed by atoms with Crippen LogP contribution in [0.1, 0.15) is 7.43 Å². The van der Waals surface area contributed by atoms with Crippen LogP contribution in [0.4, 0.5) is 0 Å². The van der Waals surface area contributed by atoms with Crippen molar-refractivity contribution in [1.29, 1.82) is 0 Å². The van der Waals surface area contributed by atoms with Gasteiger partial charge in [-0.05, 0) is 12.1 Å². The van der Waals surface area contributed by atoms with Gasteiger partial charge in [-0.2, -0.15) is 0 Å². The number of benzene rings is 1. The molecule has 0 atom stereocenters. The van der Waals surface area contributed by atoms with Gasteiger partial charge in [0.25, 0.3) is 0 Å². The molecule has 0 fully saturated rings. The minimum Gasteiger partial charge on any atom is -0.496 e. The first kappa shape index (κ1) is 11.1. The zero-order chi connectivity index (χ0) is 9.97. The Labute approximate surface area is 88.1 Å². The van der Waals surface area contributed by atoms with E-state index < -0.39 is 0 Å². The maximum atomic E-state index is 9.01. The van der Waals surface area contributed by atoms with Gasteiger partial charge in [0, 0.05) is 5.56 Å². The van der Waals surface area contributed by atoms with Crippen molar-refractivity contribution in [2.24, 2.45) is 0 Å². The van der Waals surface area contributed by atoms with Crippen LogP contribution in [0.3, 0.4) is 0 Å². The Balaban J connectivity index is 0.00000112. The van der Waals surface area contributed by atoms with Gasteiger partial charge < -0.3 is 14.4 Å². The van der Waals surface area contributed by atoms with Gasteiger partial charge in [-0.3, -0.25) is 0 Å². The van der Waals surface area contributed by atoms with Crippen molar-refractivity contribution in [2.45, 2.75) is 7.43 Å². The average Bonchev–Trinajstić information content (AvgIpc) is 2.65. The van der Waals surface area contributed by atoms with Gasteiger partial charge in [-0.15, -0.1) is 0 Å². The van der Waals surface area contributed by atoms with Gasteiger partial charge in [0.15, 0.2) is 0 Å². The molecule has 2 aromatic rings. The molecule has 0 saturated heterocycles. The molecule has 1 N–H and O–H groups in total. The number of aromatic hydroxyl groups is 1. The minimum absolute atomic E-state index is 0. The summed E-state index contributed by atoms with van der Waals surface area (Å²) in [4.78, 5) is 0. The molecule has 2 rings (SSSR count). The van der Waals surface area contributed by atoms with E-state index >= 15 is 0 Å². The maximum absolute atomic E-state index is 9.01. The summed E-state index contributed by atoms with van der Waals surface area (Å²) in [6.07, 6.45) is 0. The van der Waals surface area contributed by atoms with Crippen LogP contribution in [0.2, 0.25) is 0 Å². The second kappa shape index (κ2) is 4.50. The van der Waals surface area contributed by atoms with Crippen molar-refractivity contribution >= 4 is 0 Å². The second-order valence-electron chi connectivity index (χ2n) is 2.75. The number of aromatic nitrogens is 1. The highest BCUT2D eigenvalue weighted by molar-refractivity contribution is 5.67. The van der Waals surface area contributed by atoms with Crippen molar-refractivity contribution in [3.8, 4) is 23.0 Å². The number of hydrogen-bond donors (Lipinski definition) is 1. The highest BCUT2D eigenvalue weighted by atomic mass is 16.5. The van der Waals surface area contributed by atoms with Gasteiger partial charge in [0.2, 0.25) is 0 Å². The molecule has 15 heavy (non-hydrogen) atoms. The van der Waals surface area contributed by atoms with Gasteiger partial charge >= 0.3 is 5.95 Å². The third kappa shape index (κ3) is 2.10. The standard InChI is InChI=1S/C10H9NO3.CH4/c1-13-9-5-3-2-4-7(9)8-6-10(12)14-11-8;/h2-6,12H,1H3;1H4. The van der Waals surface area contributed by atoms with Crippen LogP contribution in [-0.4, -0.2) is 17.4 Å². The van der Waals surface area contributed by atoms with Crippen molar-refractivity contribution < 1.29 is 14.4 Å². The van der Waals surface area contributed by atoms with Crippen LogP contribution in [0.5, 0.6) is 11.7 Å². The summed E-state index contributed by atoms with van der Waals surface area (Å²) >= 11 is 0. The van der Waals surface area contributed by atoms with E-state index in [2.05, 4.69) is 9.68 Å². The highest BCUT2D eigenvalue weighted by Gasteiger charge is 2.09. The Bertz CT molecular complexity index is 437. The fourth-order valence-corrected chi connectivity index (χ4v) is 1.25. The first-order chi connectivity index (χ1) is 6.81. The lowest BCUT2D eigenvalue weighted by Crippen LogP contribution is -1.86. The zero-order valence-electron chi connectivity index (χ0n) is 7.60. The Morgan fingerprint density at radius 3 is 2.67 bits per heavy atom. The maximum Gasteiger partial charge on any atom is 0.309 e. The first-order valence-corrected chi connectivity index (χ1v) is 4.10. The predicted octanol–water partition coefficient (Wildman–Crippen LogP) is 2.69. The Morgan fingerprint density at radius 2 is 2.07 bits per heavy atom. The van der Waals surface area contributed by atoms with Crippen molar-refractivity contribution in [1.82, 2.24) is 5.16 Å². The summed E-state index contributed by atoms with van der Waals surface area (Å²) in [7, 11) is 1.58. The summed E-state index contributed by atoms with van der Waals surface area (Å²) in [5.41, 5.74) is 1.35. The summed E-state index contributed by atoms with van der Waals surface area (Å²) in [5, 5.41) is 12.7. The quantitative estimate of drug-likeness (QED) is 0.822. The molecular weight excluding hydrogens is 194 g/mol. The lowest BCUT2D eigenvalue weighted by Gasteiger charge is -2.03. The summed E-state index contributed by atoms with van der Waals surface area (Å²) < 4.78 is 9.71. The molecule has 0 bridgehead atoms. The van der Waals surface area contributed by atoms with Crippen LogP contribution in [0.15, 0.2) is 34.9 Å². The summed E-state index contributed by atoms with van der Waals surface area (Å²) in [6.45, 7) is 0. The van der Waals surface area contributed by atoms with Crippen molar-refractivity contribution in [3.63, 3.8) is 0 Å². The van der Waals surface area contributed by atoms with Crippen LogP contribution >= 0.6 is 0 Å². The van der Waals surface area contributed by atoms with Gasteiger partial charge in [-0.25, -0.2) is 0 Å². The van der Waals surface area contributed by atoms with E-state index in [4.69, 9.17) is 9.84 Å². The van der Waals surface area contributed by atoms with Crippen LogP contribution < -0.4 is 4.74 Å². The molecule has 0 aliphatic rings. The number of nitrogens with zero attached hydrogens (tertiary/aromatic N) is 1. The first-order valence-electron chi connectivity index (χ1n) is 4.10. The van der Waals surface area contributed by atoms with E-state index in [0.717, 1.165) is 5.56 Å². The summed E-state index contributed by atoms with van der Waals surface area (Å²) in [5.74, 6) is 0.492. The predicted molar refractivity (Wildman–Crippen MR) is 56.9 cm³/mol. The smallest absolute Gasteiger partial charge is 0.309 e. The normalized spacial score (nSPS) is 9.40. The Morgan fingerprint density at radius 1 is 1.33 bits per heavy atom. The molecule has 1 heterocycles. The number of hydrogen-bond acceptors (Lipinski definition) is 4. The number of ether oxygens (including phenoxy) is 1. The zero-order valence-corrected chi connectivity index (χ0v) is 7.60. The van der Waals surface area contributed by atoms with Crippen LogP contribution in [0.25, 0.3) is 11.3 Å². The molecule has 4 nitrogen and oxygen atoms in total. The fraction of sp³-hybridized carbons (Fsp3) is 0.182. The molecule has 0 saturated carbocycles. The third-order valence-electron chi connectivity index (χ3n) is 1.88. The van der Waals surface area contributed by atoms with Gasteiger partial charge in [-0.1, -0.05) is 24.7 Å². The van der Waals surface area contributed by atoms with E-state index in [1.54, 1.807) is 7.11 Å².